The lowest BCUT2D eigenvalue weighted by atomic mass is 9.68. The Labute approximate surface area is 86.1 Å². The molecule has 0 radical (unpaired) electrons. The van der Waals surface area contributed by atoms with E-state index in [1.807, 2.05) is 0 Å². The van der Waals surface area contributed by atoms with Crippen LogP contribution in [0, 0.1) is 17.8 Å². The summed E-state index contributed by atoms with van der Waals surface area (Å²) in [5.74, 6) is 2.55. The monoisotopic (exact) mass is 195 g/mol. The molecule has 4 aliphatic carbocycles. The van der Waals surface area contributed by atoms with Gasteiger partial charge in [-0.2, -0.15) is 0 Å². The zero-order valence-electron chi connectivity index (χ0n) is 8.78. The first kappa shape index (κ1) is 9.17. The minimum atomic E-state index is 0.387. The maximum atomic E-state index is 9.00. The molecule has 2 heteroatoms. The molecule has 2 bridgehead atoms. The van der Waals surface area contributed by atoms with Gasteiger partial charge < -0.3 is 10.4 Å². The van der Waals surface area contributed by atoms with Gasteiger partial charge in [0.1, 0.15) is 0 Å². The number of nitrogens with one attached hydrogen (secondary N) is 1. The normalized spacial score (nSPS) is 50.8. The average Bonchev–Trinajstić information content (AvgIpc) is 2.98. The number of rotatable bonds is 3. The van der Waals surface area contributed by atoms with E-state index in [1.54, 1.807) is 0 Å². The zero-order valence-corrected chi connectivity index (χ0v) is 8.78. The van der Waals surface area contributed by atoms with E-state index in [2.05, 4.69) is 5.32 Å². The maximum absolute atomic E-state index is 9.00. The minimum absolute atomic E-state index is 0.387. The van der Waals surface area contributed by atoms with Gasteiger partial charge in [0.25, 0.3) is 0 Å². The van der Waals surface area contributed by atoms with E-state index >= 15 is 0 Å². The number of aliphatic hydroxyl groups excluding tert-OH is 1. The molecule has 3 atom stereocenters. The molecule has 0 spiro atoms. The van der Waals surface area contributed by atoms with Crippen LogP contribution < -0.4 is 5.32 Å². The third kappa shape index (κ3) is 1.59. The van der Waals surface area contributed by atoms with Crippen LogP contribution in [0.4, 0.5) is 0 Å². The van der Waals surface area contributed by atoms with Gasteiger partial charge in [-0.1, -0.05) is 12.8 Å². The van der Waals surface area contributed by atoms with Crippen LogP contribution in [0.1, 0.15) is 38.5 Å². The molecule has 0 aliphatic heterocycles. The number of fused-ring (bicyclic) bond motifs is 3. The van der Waals surface area contributed by atoms with Gasteiger partial charge in [0.05, 0.1) is 0 Å². The number of hydrogen-bond acceptors (Lipinski definition) is 2. The molecule has 0 aromatic carbocycles. The molecule has 0 heterocycles. The Bertz CT molecular complexity index is 210. The summed E-state index contributed by atoms with van der Waals surface area (Å²) in [4.78, 5) is 0. The highest BCUT2D eigenvalue weighted by Crippen LogP contribution is 2.43. The first-order valence-corrected chi connectivity index (χ1v) is 6.23. The van der Waals surface area contributed by atoms with Crippen molar-refractivity contribution in [2.45, 2.75) is 50.6 Å². The Morgan fingerprint density at radius 3 is 2.29 bits per heavy atom. The van der Waals surface area contributed by atoms with Crippen LogP contribution in [0.15, 0.2) is 0 Å². The quantitative estimate of drug-likeness (QED) is 0.716. The van der Waals surface area contributed by atoms with Crippen LogP contribution >= 0.6 is 0 Å². The van der Waals surface area contributed by atoms with E-state index < -0.39 is 0 Å². The Balaban J connectivity index is 1.54. The topological polar surface area (TPSA) is 32.3 Å². The fourth-order valence-corrected chi connectivity index (χ4v) is 3.51. The molecule has 0 saturated heterocycles. The molecule has 2 nitrogen and oxygen atoms in total. The average molecular weight is 195 g/mol. The van der Waals surface area contributed by atoms with Crippen molar-refractivity contribution in [3.8, 4) is 0 Å². The van der Waals surface area contributed by atoms with Crippen LogP contribution in [0.2, 0.25) is 0 Å². The SMILES string of the molecule is OCC1CC1NC1CC2CCC1CC2. The standard InChI is InChI=1S/C12H21NO/c14-7-10-6-12(10)13-11-5-8-1-3-9(11)4-2-8/h8-14H,1-7H2. The Hall–Kier alpha value is -0.0800. The van der Waals surface area contributed by atoms with Crippen molar-refractivity contribution >= 4 is 0 Å². The molecule has 14 heavy (non-hydrogen) atoms. The summed E-state index contributed by atoms with van der Waals surface area (Å²) in [6, 6.07) is 1.45. The molecule has 0 aromatic rings. The highest BCUT2D eigenvalue weighted by molar-refractivity contribution is 4.99. The molecule has 0 aromatic heterocycles. The van der Waals surface area contributed by atoms with Crippen molar-refractivity contribution in [2.75, 3.05) is 6.61 Å². The van der Waals surface area contributed by atoms with Crippen molar-refractivity contribution in [1.82, 2.24) is 5.32 Å². The van der Waals surface area contributed by atoms with Crippen LogP contribution in [0.3, 0.4) is 0 Å². The van der Waals surface area contributed by atoms with Crippen molar-refractivity contribution in [3.63, 3.8) is 0 Å². The van der Waals surface area contributed by atoms with E-state index in [0.29, 0.717) is 18.6 Å². The first-order chi connectivity index (χ1) is 6.86. The Morgan fingerprint density at radius 2 is 1.79 bits per heavy atom. The summed E-state index contributed by atoms with van der Waals surface area (Å²) in [5, 5.41) is 12.8. The lowest BCUT2D eigenvalue weighted by Crippen LogP contribution is -2.46. The number of hydrogen-bond donors (Lipinski definition) is 2. The van der Waals surface area contributed by atoms with Gasteiger partial charge in [-0.05, 0) is 43.4 Å². The van der Waals surface area contributed by atoms with E-state index in [4.69, 9.17) is 5.11 Å². The second-order valence-corrected chi connectivity index (χ2v) is 5.57. The van der Waals surface area contributed by atoms with Crippen LogP contribution in [-0.4, -0.2) is 23.8 Å². The summed E-state index contributed by atoms with van der Waals surface area (Å²) < 4.78 is 0. The summed E-state index contributed by atoms with van der Waals surface area (Å²) in [6.07, 6.45) is 8.51. The van der Waals surface area contributed by atoms with Crippen molar-refractivity contribution in [2.24, 2.45) is 17.8 Å². The molecule has 4 fully saturated rings. The predicted octanol–water partition coefficient (Wildman–Crippen LogP) is 1.54. The van der Waals surface area contributed by atoms with Gasteiger partial charge in [-0.3, -0.25) is 0 Å². The van der Waals surface area contributed by atoms with Gasteiger partial charge in [0, 0.05) is 18.7 Å². The molecule has 0 amide bonds. The highest BCUT2D eigenvalue weighted by Gasteiger charge is 2.42. The van der Waals surface area contributed by atoms with Crippen molar-refractivity contribution < 1.29 is 5.11 Å². The second kappa shape index (κ2) is 3.49. The van der Waals surface area contributed by atoms with E-state index in [-0.39, 0.29) is 0 Å². The van der Waals surface area contributed by atoms with Gasteiger partial charge in [0.2, 0.25) is 0 Å². The van der Waals surface area contributed by atoms with E-state index in [9.17, 15) is 0 Å². The molecule has 2 N–H and O–H groups in total. The van der Waals surface area contributed by atoms with Crippen LogP contribution in [0.5, 0.6) is 0 Å². The lowest BCUT2D eigenvalue weighted by molar-refractivity contribution is 0.121. The van der Waals surface area contributed by atoms with Gasteiger partial charge >= 0.3 is 0 Å². The molecule has 3 unspecified atom stereocenters. The first-order valence-electron chi connectivity index (χ1n) is 6.23. The second-order valence-electron chi connectivity index (χ2n) is 5.57. The fourth-order valence-electron chi connectivity index (χ4n) is 3.51. The smallest absolute Gasteiger partial charge is 0.0474 e. The maximum Gasteiger partial charge on any atom is 0.0474 e. The highest BCUT2D eigenvalue weighted by atomic mass is 16.3. The van der Waals surface area contributed by atoms with Gasteiger partial charge in [-0.15, -0.1) is 0 Å². The Kier molecular flexibility index (Phi) is 2.29. The largest absolute Gasteiger partial charge is 0.396 e. The summed E-state index contributed by atoms with van der Waals surface area (Å²) in [5.41, 5.74) is 0. The molecular weight excluding hydrogens is 174 g/mol. The van der Waals surface area contributed by atoms with Gasteiger partial charge in [0.15, 0.2) is 0 Å². The molecule has 80 valence electrons. The third-order valence-electron chi connectivity index (χ3n) is 4.63. The molecular formula is C12H21NO. The molecule has 4 saturated carbocycles. The molecule has 4 aliphatic rings. The predicted molar refractivity (Wildman–Crippen MR) is 56.0 cm³/mol. The summed E-state index contributed by atoms with van der Waals surface area (Å²) in [6.45, 7) is 0.387. The van der Waals surface area contributed by atoms with Crippen LogP contribution in [-0.2, 0) is 0 Å². The summed E-state index contributed by atoms with van der Waals surface area (Å²) >= 11 is 0. The lowest BCUT2D eigenvalue weighted by Gasteiger charge is -2.43. The fraction of sp³-hybridized carbons (Fsp3) is 1.00. The zero-order chi connectivity index (χ0) is 9.54. The van der Waals surface area contributed by atoms with E-state index in [1.165, 1.54) is 38.5 Å². The Morgan fingerprint density at radius 1 is 1.00 bits per heavy atom. The van der Waals surface area contributed by atoms with Crippen molar-refractivity contribution in [3.05, 3.63) is 0 Å². The summed E-state index contributed by atoms with van der Waals surface area (Å²) in [7, 11) is 0. The van der Waals surface area contributed by atoms with E-state index in [0.717, 1.165) is 17.9 Å². The molecule has 4 rings (SSSR count). The van der Waals surface area contributed by atoms with Gasteiger partial charge in [-0.25, -0.2) is 0 Å². The number of aliphatic hydroxyl groups is 1. The van der Waals surface area contributed by atoms with Crippen molar-refractivity contribution in [1.29, 1.82) is 0 Å². The third-order valence-corrected chi connectivity index (χ3v) is 4.63. The minimum Gasteiger partial charge on any atom is -0.396 e. The van der Waals surface area contributed by atoms with Crippen LogP contribution in [0.25, 0.3) is 0 Å².